The van der Waals surface area contributed by atoms with E-state index in [0.717, 1.165) is 35.7 Å². The first-order chi connectivity index (χ1) is 15.2. The number of benzene rings is 2. The minimum Gasteiger partial charge on any atom is -0.494 e. The number of likely N-dealkylation sites (N-methyl/N-ethyl adjacent to an activating group) is 1. The van der Waals surface area contributed by atoms with Crippen LogP contribution in [0, 0.1) is 0 Å². The van der Waals surface area contributed by atoms with E-state index >= 15 is 0 Å². The smallest absolute Gasteiger partial charge is 0.188 e. The van der Waals surface area contributed by atoms with Gasteiger partial charge in [0, 0.05) is 18.7 Å². The number of hydrogen-bond acceptors (Lipinski definition) is 4. The molecule has 0 N–H and O–H groups in total. The van der Waals surface area contributed by atoms with Crippen molar-refractivity contribution in [3.05, 3.63) is 54.1 Å². The van der Waals surface area contributed by atoms with Gasteiger partial charge in [0.05, 0.1) is 6.61 Å². The van der Waals surface area contributed by atoms with E-state index in [0.29, 0.717) is 6.04 Å². The minimum atomic E-state index is 0.217. The van der Waals surface area contributed by atoms with E-state index in [1.165, 1.54) is 44.2 Å². The van der Waals surface area contributed by atoms with Gasteiger partial charge in [-0.05, 0) is 62.2 Å². The Balaban J connectivity index is 1.88. The van der Waals surface area contributed by atoms with E-state index in [1.807, 2.05) is 12.1 Å². The summed E-state index contributed by atoms with van der Waals surface area (Å²) in [4.78, 5) is 2.44. The van der Waals surface area contributed by atoms with Gasteiger partial charge in [0.2, 0.25) is 0 Å². The average Bonchev–Trinajstić information content (AvgIpc) is 2.80. The monoisotopic (exact) mass is 423 g/mol. The van der Waals surface area contributed by atoms with Crippen LogP contribution in [0.15, 0.2) is 48.5 Å². The largest absolute Gasteiger partial charge is 0.494 e. The summed E-state index contributed by atoms with van der Waals surface area (Å²) in [6, 6.07) is 15.1. The van der Waals surface area contributed by atoms with Crippen LogP contribution in [0.5, 0.6) is 11.5 Å². The number of nitrogens with zero attached hydrogens (tertiary/aromatic N) is 1. The van der Waals surface area contributed by atoms with Crippen LogP contribution >= 0.6 is 0 Å². The van der Waals surface area contributed by atoms with Crippen LogP contribution < -0.4 is 9.47 Å². The van der Waals surface area contributed by atoms with Gasteiger partial charge in [0.15, 0.2) is 6.79 Å². The maximum absolute atomic E-state index is 6.03. The predicted octanol–water partition coefficient (Wildman–Crippen LogP) is 6.40. The van der Waals surface area contributed by atoms with Gasteiger partial charge in [0.1, 0.15) is 11.5 Å². The van der Waals surface area contributed by atoms with Crippen molar-refractivity contribution in [3.8, 4) is 22.6 Å². The van der Waals surface area contributed by atoms with Gasteiger partial charge in [-0.2, -0.15) is 0 Å². The number of piperidine rings is 1. The third-order valence-electron chi connectivity index (χ3n) is 5.88. The van der Waals surface area contributed by atoms with Gasteiger partial charge in [-0.15, -0.1) is 0 Å². The van der Waals surface area contributed by atoms with Crippen molar-refractivity contribution in [3.63, 3.8) is 0 Å². The summed E-state index contributed by atoms with van der Waals surface area (Å²) in [5.74, 6) is 1.68. The summed E-state index contributed by atoms with van der Waals surface area (Å²) >= 11 is 0. The van der Waals surface area contributed by atoms with Gasteiger partial charge in [-0.25, -0.2) is 0 Å². The zero-order chi connectivity index (χ0) is 21.9. The summed E-state index contributed by atoms with van der Waals surface area (Å²) < 4.78 is 17.1. The number of likely N-dealkylation sites (tertiary alicyclic amines) is 1. The second kappa shape index (κ2) is 12.5. The molecule has 2 aromatic carbocycles. The first kappa shape index (κ1) is 23.4. The lowest BCUT2D eigenvalue weighted by molar-refractivity contribution is 0.0515. The molecule has 0 amide bonds. The van der Waals surface area contributed by atoms with Crippen molar-refractivity contribution in [1.82, 2.24) is 4.90 Å². The molecular weight excluding hydrogens is 386 g/mol. The molecule has 0 spiro atoms. The third kappa shape index (κ3) is 6.84. The van der Waals surface area contributed by atoms with Crippen LogP contribution in [0.4, 0.5) is 0 Å². The Hall–Kier alpha value is -2.30. The van der Waals surface area contributed by atoms with Crippen molar-refractivity contribution >= 4 is 6.08 Å². The minimum absolute atomic E-state index is 0.217. The molecular formula is C27H37NO3. The quantitative estimate of drug-likeness (QED) is 0.309. The summed E-state index contributed by atoms with van der Waals surface area (Å²) in [5, 5.41) is 0. The Bertz CT molecular complexity index is 833. The predicted molar refractivity (Wildman–Crippen MR) is 129 cm³/mol. The van der Waals surface area contributed by atoms with E-state index in [1.54, 1.807) is 7.11 Å². The fourth-order valence-electron chi connectivity index (χ4n) is 4.05. The molecule has 3 rings (SSSR count). The van der Waals surface area contributed by atoms with Crippen LogP contribution in [0.1, 0.15) is 51.0 Å². The Morgan fingerprint density at radius 2 is 1.90 bits per heavy atom. The van der Waals surface area contributed by atoms with Crippen molar-refractivity contribution < 1.29 is 14.2 Å². The molecule has 1 aliphatic rings. The van der Waals surface area contributed by atoms with Crippen LogP contribution in [0.25, 0.3) is 17.2 Å². The second-order valence-electron chi connectivity index (χ2n) is 8.25. The van der Waals surface area contributed by atoms with Crippen molar-refractivity contribution in [1.29, 1.82) is 0 Å². The van der Waals surface area contributed by atoms with Crippen LogP contribution in [-0.2, 0) is 4.74 Å². The summed E-state index contributed by atoms with van der Waals surface area (Å²) in [6.45, 7) is 4.33. The van der Waals surface area contributed by atoms with Crippen LogP contribution in [-0.4, -0.2) is 45.0 Å². The molecule has 31 heavy (non-hydrogen) atoms. The molecule has 168 valence electrons. The Labute approximate surface area is 187 Å². The highest BCUT2D eigenvalue weighted by Crippen LogP contribution is 2.36. The lowest BCUT2D eigenvalue weighted by Gasteiger charge is -2.30. The highest BCUT2D eigenvalue weighted by Gasteiger charge is 2.16. The number of rotatable bonds is 11. The van der Waals surface area contributed by atoms with E-state index in [4.69, 9.17) is 14.2 Å². The fourth-order valence-corrected chi connectivity index (χ4v) is 4.05. The molecule has 4 nitrogen and oxygen atoms in total. The standard InChI is InChI=1S/C27H37NO3/c1-4-5-10-19-30-24-16-17-27(31-21-29-3)26(20-24)25-13-7-6-11-22(25)14-15-23-12-8-9-18-28(23)2/h6-7,11,13-17,20,23H,4-5,8-10,12,18-19,21H2,1-3H3/b15-14+. The zero-order valence-electron chi connectivity index (χ0n) is 19.3. The maximum atomic E-state index is 6.03. The molecule has 0 aliphatic carbocycles. The van der Waals surface area contributed by atoms with E-state index in [-0.39, 0.29) is 6.79 Å². The van der Waals surface area contributed by atoms with E-state index in [2.05, 4.69) is 61.4 Å². The summed E-state index contributed by atoms with van der Waals surface area (Å²) in [6.07, 6.45) is 11.9. The van der Waals surface area contributed by atoms with Crippen LogP contribution in [0.2, 0.25) is 0 Å². The van der Waals surface area contributed by atoms with Gasteiger partial charge in [-0.3, -0.25) is 4.90 Å². The van der Waals surface area contributed by atoms with Gasteiger partial charge in [-0.1, -0.05) is 62.6 Å². The molecule has 1 heterocycles. The number of methoxy groups -OCH3 is 1. The molecule has 1 fully saturated rings. The zero-order valence-corrected chi connectivity index (χ0v) is 19.3. The lowest BCUT2D eigenvalue weighted by Crippen LogP contribution is -2.34. The van der Waals surface area contributed by atoms with Gasteiger partial charge < -0.3 is 14.2 Å². The second-order valence-corrected chi connectivity index (χ2v) is 8.25. The van der Waals surface area contributed by atoms with Gasteiger partial charge in [0.25, 0.3) is 0 Å². The maximum Gasteiger partial charge on any atom is 0.188 e. The Morgan fingerprint density at radius 1 is 1.03 bits per heavy atom. The molecule has 0 bridgehead atoms. The molecule has 0 aromatic heterocycles. The summed E-state index contributed by atoms with van der Waals surface area (Å²) in [5.41, 5.74) is 3.36. The molecule has 4 heteroatoms. The van der Waals surface area contributed by atoms with Crippen molar-refractivity contribution in [2.75, 3.05) is 34.1 Å². The highest BCUT2D eigenvalue weighted by molar-refractivity contribution is 5.80. The fraction of sp³-hybridized carbons (Fsp3) is 0.481. The van der Waals surface area contributed by atoms with E-state index in [9.17, 15) is 0 Å². The molecule has 1 unspecified atom stereocenters. The van der Waals surface area contributed by atoms with Gasteiger partial charge >= 0.3 is 0 Å². The first-order valence-electron chi connectivity index (χ1n) is 11.6. The average molecular weight is 424 g/mol. The topological polar surface area (TPSA) is 30.9 Å². The van der Waals surface area contributed by atoms with Crippen LogP contribution in [0.3, 0.4) is 0 Å². The SMILES string of the molecule is CCCCCOc1ccc(OCOC)c(-c2ccccc2/C=C/C2CCCCN2C)c1. The molecule has 0 radical (unpaired) electrons. The lowest BCUT2D eigenvalue weighted by atomic mass is 9.96. The number of hydrogen-bond donors (Lipinski definition) is 0. The molecule has 2 aromatic rings. The third-order valence-corrected chi connectivity index (χ3v) is 5.88. The number of ether oxygens (including phenoxy) is 3. The molecule has 1 saturated heterocycles. The number of unbranched alkanes of at least 4 members (excludes halogenated alkanes) is 2. The molecule has 1 atom stereocenters. The Kier molecular flexibility index (Phi) is 9.44. The summed E-state index contributed by atoms with van der Waals surface area (Å²) in [7, 11) is 3.86. The Morgan fingerprint density at radius 3 is 2.71 bits per heavy atom. The normalized spacial score (nSPS) is 17.2. The molecule has 1 aliphatic heterocycles. The first-order valence-corrected chi connectivity index (χ1v) is 11.6. The van der Waals surface area contributed by atoms with E-state index < -0.39 is 0 Å². The molecule has 0 saturated carbocycles. The highest BCUT2D eigenvalue weighted by atomic mass is 16.7. The van der Waals surface area contributed by atoms with Crippen molar-refractivity contribution in [2.24, 2.45) is 0 Å². The van der Waals surface area contributed by atoms with Crippen molar-refractivity contribution in [2.45, 2.75) is 51.5 Å².